The molecular formula is C11H18O2. The van der Waals surface area contributed by atoms with Crippen molar-refractivity contribution >= 4 is 0 Å². The molecule has 2 nitrogen and oxygen atoms in total. The van der Waals surface area contributed by atoms with Gasteiger partial charge in [-0.05, 0) is 24.2 Å². The van der Waals surface area contributed by atoms with Crippen LogP contribution in [0, 0.1) is 17.3 Å². The summed E-state index contributed by atoms with van der Waals surface area (Å²) in [4.78, 5) is 0. The predicted octanol–water partition coefficient (Wildman–Crippen LogP) is 1.33. The Bertz CT molecular complexity index is 242. The second-order valence-corrected chi connectivity index (χ2v) is 4.91. The molecule has 0 unspecified atom stereocenters. The van der Waals surface area contributed by atoms with E-state index in [0.29, 0.717) is 11.8 Å². The Hall–Kier alpha value is -0.340. The molecule has 0 aromatic heterocycles. The highest BCUT2D eigenvalue weighted by Gasteiger charge is 2.52. The molecule has 13 heavy (non-hydrogen) atoms. The summed E-state index contributed by atoms with van der Waals surface area (Å²) in [7, 11) is 0. The van der Waals surface area contributed by atoms with Gasteiger partial charge in [-0.2, -0.15) is 0 Å². The summed E-state index contributed by atoms with van der Waals surface area (Å²) in [5, 5.41) is 18.6. The molecule has 2 bridgehead atoms. The SMILES string of the molecule is CC1(C)/C(=C/CO)[C@@H]2C[C@H]1C[C@H]2O. The van der Waals surface area contributed by atoms with Crippen LogP contribution in [0.2, 0.25) is 0 Å². The van der Waals surface area contributed by atoms with E-state index in [1.807, 2.05) is 6.08 Å². The molecule has 74 valence electrons. The molecule has 0 heterocycles. The van der Waals surface area contributed by atoms with Crippen LogP contribution in [0.15, 0.2) is 11.6 Å². The van der Waals surface area contributed by atoms with Crippen LogP contribution < -0.4 is 0 Å². The molecule has 0 spiro atoms. The van der Waals surface area contributed by atoms with Gasteiger partial charge >= 0.3 is 0 Å². The highest BCUT2D eigenvalue weighted by molar-refractivity contribution is 5.28. The van der Waals surface area contributed by atoms with Gasteiger partial charge in [-0.1, -0.05) is 25.5 Å². The van der Waals surface area contributed by atoms with E-state index in [4.69, 9.17) is 5.11 Å². The molecule has 0 amide bonds. The molecular weight excluding hydrogens is 164 g/mol. The quantitative estimate of drug-likeness (QED) is 0.601. The third-order valence-corrected chi connectivity index (χ3v) is 4.00. The maximum atomic E-state index is 9.73. The highest BCUT2D eigenvalue weighted by Crippen LogP contribution is 2.58. The zero-order valence-corrected chi connectivity index (χ0v) is 8.33. The minimum atomic E-state index is -0.157. The first kappa shape index (κ1) is 9.22. The molecule has 2 saturated carbocycles. The first-order valence-electron chi connectivity index (χ1n) is 5.07. The van der Waals surface area contributed by atoms with Crippen LogP contribution in [-0.2, 0) is 0 Å². The van der Waals surface area contributed by atoms with Gasteiger partial charge in [0.15, 0.2) is 0 Å². The minimum absolute atomic E-state index is 0.106. The van der Waals surface area contributed by atoms with E-state index >= 15 is 0 Å². The van der Waals surface area contributed by atoms with Gasteiger partial charge in [0.2, 0.25) is 0 Å². The van der Waals surface area contributed by atoms with Crippen molar-refractivity contribution in [1.82, 2.24) is 0 Å². The second-order valence-electron chi connectivity index (χ2n) is 4.91. The molecule has 2 aliphatic carbocycles. The van der Waals surface area contributed by atoms with E-state index in [1.54, 1.807) is 0 Å². The monoisotopic (exact) mass is 182 g/mol. The summed E-state index contributed by atoms with van der Waals surface area (Å²) in [6, 6.07) is 0. The smallest absolute Gasteiger partial charge is 0.0615 e. The Kier molecular flexibility index (Phi) is 2.00. The molecule has 0 aromatic rings. The number of rotatable bonds is 1. The van der Waals surface area contributed by atoms with Crippen molar-refractivity contribution in [3.63, 3.8) is 0 Å². The van der Waals surface area contributed by atoms with Crippen molar-refractivity contribution in [1.29, 1.82) is 0 Å². The fraction of sp³-hybridized carbons (Fsp3) is 0.818. The van der Waals surface area contributed by atoms with E-state index < -0.39 is 0 Å². The number of fused-ring (bicyclic) bond motifs is 2. The zero-order valence-electron chi connectivity index (χ0n) is 8.33. The van der Waals surface area contributed by atoms with Crippen LogP contribution in [0.25, 0.3) is 0 Å². The second kappa shape index (κ2) is 2.82. The molecule has 2 rings (SSSR count). The van der Waals surface area contributed by atoms with E-state index in [-0.39, 0.29) is 18.1 Å². The van der Waals surface area contributed by atoms with Gasteiger partial charge in [0.25, 0.3) is 0 Å². The molecule has 0 saturated heterocycles. The number of aliphatic hydroxyl groups excluding tert-OH is 2. The molecule has 2 heteroatoms. The Balaban J connectivity index is 2.31. The standard InChI is InChI=1S/C11H18O2/c1-11(2)7-5-8(10(13)6-7)9(11)3-4-12/h3,7-8,10,12-13H,4-6H2,1-2H3/b9-3+/t7-,8-,10+/m0/s1. The predicted molar refractivity (Wildman–Crippen MR) is 51.2 cm³/mol. The van der Waals surface area contributed by atoms with Crippen molar-refractivity contribution in [3.8, 4) is 0 Å². The van der Waals surface area contributed by atoms with Crippen LogP contribution in [0.1, 0.15) is 26.7 Å². The van der Waals surface area contributed by atoms with Gasteiger partial charge in [-0.3, -0.25) is 0 Å². The third-order valence-electron chi connectivity index (χ3n) is 4.00. The third kappa shape index (κ3) is 1.16. The number of aliphatic hydroxyl groups is 2. The zero-order chi connectivity index (χ0) is 9.64. The first-order valence-corrected chi connectivity index (χ1v) is 5.07. The lowest BCUT2D eigenvalue weighted by molar-refractivity contribution is 0.106. The lowest BCUT2D eigenvalue weighted by Gasteiger charge is -2.35. The van der Waals surface area contributed by atoms with Crippen molar-refractivity contribution < 1.29 is 10.2 Å². The molecule has 3 atom stereocenters. The summed E-state index contributed by atoms with van der Waals surface area (Å²) in [6.07, 6.45) is 3.80. The van der Waals surface area contributed by atoms with Crippen LogP contribution in [0.5, 0.6) is 0 Å². The normalized spacial score (nSPS) is 44.6. The van der Waals surface area contributed by atoms with Crippen molar-refractivity contribution in [2.45, 2.75) is 32.8 Å². The van der Waals surface area contributed by atoms with Gasteiger partial charge in [-0.25, -0.2) is 0 Å². The van der Waals surface area contributed by atoms with Crippen LogP contribution >= 0.6 is 0 Å². The van der Waals surface area contributed by atoms with Gasteiger partial charge in [0, 0.05) is 5.92 Å². The molecule has 0 radical (unpaired) electrons. The van der Waals surface area contributed by atoms with Crippen LogP contribution in [0.3, 0.4) is 0 Å². The summed E-state index contributed by atoms with van der Waals surface area (Å²) in [5.74, 6) is 0.942. The lowest BCUT2D eigenvalue weighted by atomic mass is 9.72. The average molecular weight is 182 g/mol. The average Bonchev–Trinajstić information content (AvgIpc) is 2.51. The summed E-state index contributed by atoms with van der Waals surface area (Å²) in [5.41, 5.74) is 1.48. The number of hydrogen-bond acceptors (Lipinski definition) is 2. The summed E-state index contributed by atoms with van der Waals surface area (Å²) >= 11 is 0. The van der Waals surface area contributed by atoms with Gasteiger partial charge in [-0.15, -0.1) is 0 Å². The molecule has 0 aliphatic heterocycles. The molecule has 2 aliphatic rings. The summed E-state index contributed by atoms with van der Waals surface area (Å²) in [6.45, 7) is 4.56. The van der Waals surface area contributed by atoms with E-state index in [2.05, 4.69) is 13.8 Å². The molecule has 2 fully saturated rings. The fourth-order valence-electron chi connectivity index (χ4n) is 3.17. The minimum Gasteiger partial charge on any atom is -0.392 e. The fourth-order valence-corrected chi connectivity index (χ4v) is 3.17. The summed E-state index contributed by atoms with van der Waals surface area (Å²) < 4.78 is 0. The Morgan fingerprint density at radius 1 is 1.46 bits per heavy atom. The largest absolute Gasteiger partial charge is 0.392 e. The Labute approximate surface area is 79.3 Å². The van der Waals surface area contributed by atoms with Crippen molar-refractivity contribution in [2.75, 3.05) is 6.61 Å². The maximum absolute atomic E-state index is 9.73. The van der Waals surface area contributed by atoms with Crippen molar-refractivity contribution in [2.24, 2.45) is 17.3 Å². The highest BCUT2D eigenvalue weighted by atomic mass is 16.3. The molecule has 0 aromatic carbocycles. The van der Waals surface area contributed by atoms with E-state index in [0.717, 1.165) is 12.8 Å². The maximum Gasteiger partial charge on any atom is 0.0615 e. The Morgan fingerprint density at radius 2 is 2.15 bits per heavy atom. The van der Waals surface area contributed by atoms with Crippen LogP contribution in [0.4, 0.5) is 0 Å². The van der Waals surface area contributed by atoms with Gasteiger partial charge in [0.1, 0.15) is 0 Å². The van der Waals surface area contributed by atoms with Gasteiger partial charge < -0.3 is 10.2 Å². The first-order chi connectivity index (χ1) is 6.07. The molecule has 2 N–H and O–H groups in total. The van der Waals surface area contributed by atoms with E-state index in [9.17, 15) is 5.11 Å². The Morgan fingerprint density at radius 3 is 2.69 bits per heavy atom. The van der Waals surface area contributed by atoms with Crippen molar-refractivity contribution in [3.05, 3.63) is 11.6 Å². The lowest BCUT2D eigenvalue weighted by Crippen LogP contribution is -2.30. The van der Waals surface area contributed by atoms with E-state index in [1.165, 1.54) is 5.57 Å². The number of hydrogen-bond donors (Lipinski definition) is 2. The topological polar surface area (TPSA) is 40.5 Å². The van der Waals surface area contributed by atoms with Crippen LogP contribution in [-0.4, -0.2) is 22.9 Å². The van der Waals surface area contributed by atoms with Gasteiger partial charge in [0.05, 0.1) is 12.7 Å².